The second kappa shape index (κ2) is 9.01. The van der Waals surface area contributed by atoms with E-state index >= 15 is 0 Å². The van der Waals surface area contributed by atoms with Crippen LogP contribution in [0.3, 0.4) is 0 Å². The first-order valence-corrected chi connectivity index (χ1v) is 8.96. The van der Waals surface area contributed by atoms with E-state index in [0.717, 1.165) is 28.9 Å². The van der Waals surface area contributed by atoms with Crippen molar-refractivity contribution in [2.75, 3.05) is 12.8 Å². The van der Waals surface area contributed by atoms with Crippen LogP contribution in [0.25, 0.3) is 0 Å². The van der Waals surface area contributed by atoms with E-state index in [2.05, 4.69) is 37.8 Å². The highest BCUT2D eigenvalue weighted by atomic mass is 35.5. The molecule has 2 rings (SSSR count). The molecule has 2 aromatic rings. The summed E-state index contributed by atoms with van der Waals surface area (Å²) in [5, 5.41) is 10.0. The zero-order chi connectivity index (χ0) is 17.5. The van der Waals surface area contributed by atoms with Crippen LogP contribution in [0.15, 0.2) is 47.6 Å². The van der Waals surface area contributed by atoms with Gasteiger partial charge in [-0.2, -0.15) is 0 Å². The predicted molar refractivity (Wildman–Crippen MR) is 100 cm³/mol. The Balaban J connectivity index is 2.07. The number of nitrogens with zero attached hydrogens (tertiary/aromatic N) is 5. The number of pyridine rings is 1. The monoisotopic (exact) mass is 363 g/mol. The first-order chi connectivity index (χ1) is 11.5. The number of hydrogen-bond donors (Lipinski definition) is 0. The van der Waals surface area contributed by atoms with Crippen molar-refractivity contribution in [3.05, 3.63) is 59.7 Å². The largest absolute Gasteiger partial charge is 0.301 e. The molecule has 2 aromatic heterocycles. The van der Waals surface area contributed by atoms with Crippen LogP contribution in [0.5, 0.6) is 0 Å². The van der Waals surface area contributed by atoms with E-state index in [1.54, 1.807) is 0 Å². The van der Waals surface area contributed by atoms with Gasteiger partial charge in [0, 0.05) is 29.6 Å². The number of thioether (sulfide) groups is 1. The van der Waals surface area contributed by atoms with E-state index in [0.29, 0.717) is 23.9 Å². The van der Waals surface area contributed by atoms with Gasteiger partial charge in [-0.1, -0.05) is 42.1 Å². The standard InChI is InChI=1S/C17H22ClN5S/c1-5-9-23-16(20-21-17(23)24-12-13(2)18)11-22(4)10-15-8-6-7-14(3)19-15/h5-8H,1-2,9-12H2,3-4H3. The summed E-state index contributed by atoms with van der Waals surface area (Å²) in [6, 6.07) is 6.06. The summed E-state index contributed by atoms with van der Waals surface area (Å²) in [4.78, 5) is 6.71. The molecule has 2 heterocycles. The van der Waals surface area contributed by atoms with Crippen molar-refractivity contribution in [1.29, 1.82) is 0 Å². The number of aryl methyl sites for hydroxylation is 1. The molecule has 0 amide bonds. The molecule has 0 radical (unpaired) electrons. The Morgan fingerprint density at radius 2 is 2.17 bits per heavy atom. The Bertz CT molecular complexity index is 713. The highest BCUT2D eigenvalue weighted by molar-refractivity contribution is 7.99. The van der Waals surface area contributed by atoms with E-state index in [4.69, 9.17) is 11.6 Å². The fourth-order valence-electron chi connectivity index (χ4n) is 2.26. The van der Waals surface area contributed by atoms with Crippen molar-refractivity contribution in [3.8, 4) is 0 Å². The van der Waals surface area contributed by atoms with Crippen LogP contribution < -0.4 is 0 Å². The number of allylic oxidation sites excluding steroid dienone is 1. The van der Waals surface area contributed by atoms with Crippen LogP contribution >= 0.6 is 23.4 Å². The third-order valence-corrected chi connectivity index (χ3v) is 4.60. The minimum absolute atomic E-state index is 0.595. The SMILES string of the molecule is C=CCn1c(CN(C)Cc2cccc(C)n2)nnc1SCC(=C)Cl. The lowest BCUT2D eigenvalue weighted by Gasteiger charge is -2.16. The summed E-state index contributed by atoms with van der Waals surface area (Å²) < 4.78 is 2.05. The minimum Gasteiger partial charge on any atom is -0.301 e. The lowest BCUT2D eigenvalue weighted by molar-refractivity contribution is 0.301. The smallest absolute Gasteiger partial charge is 0.191 e. The molecule has 0 saturated heterocycles. The van der Waals surface area contributed by atoms with Gasteiger partial charge in [-0.3, -0.25) is 9.88 Å². The number of halogens is 1. The summed E-state index contributed by atoms with van der Waals surface area (Å²) in [5.74, 6) is 1.51. The zero-order valence-corrected chi connectivity index (χ0v) is 15.6. The van der Waals surface area contributed by atoms with Crippen LogP contribution in [-0.2, 0) is 19.6 Å². The van der Waals surface area contributed by atoms with E-state index in [-0.39, 0.29) is 0 Å². The maximum atomic E-state index is 5.84. The van der Waals surface area contributed by atoms with E-state index < -0.39 is 0 Å². The second-order valence-corrected chi connectivity index (χ2v) is 7.02. The Hall–Kier alpha value is -1.63. The molecule has 0 atom stereocenters. The Labute approximate surface area is 152 Å². The predicted octanol–water partition coefficient (Wildman–Crippen LogP) is 3.64. The molecule has 0 aliphatic rings. The van der Waals surface area contributed by atoms with Gasteiger partial charge in [0.25, 0.3) is 0 Å². The maximum absolute atomic E-state index is 5.84. The number of rotatable bonds is 9. The van der Waals surface area contributed by atoms with Gasteiger partial charge in [-0.25, -0.2) is 0 Å². The molecule has 0 saturated carbocycles. The van der Waals surface area contributed by atoms with Crippen LogP contribution in [-0.4, -0.2) is 37.4 Å². The van der Waals surface area contributed by atoms with Gasteiger partial charge in [-0.05, 0) is 26.1 Å². The minimum atomic E-state index is 0.595. The second-order valence-electron chi connectivity index (χ2n) is 5.55. The maximum Gasteiger partial charge on any atom is 0.191 e. The van der Waals surface area contributed by atoms with E-state index in [9.17, 15) is 0 Å². The molecule has 5 nitrogen and oxygen atoms in total. The normalized spacial score (nSPS) is 11.0. The molecule has 0 aliphatic carbocycles. The summed E-state index contributed by atoms with van der Waals surface area (Å²) >= 11 is 7.37. The number of hydrogen-bond acceptors (Lipinski definition) is 5. The van der Waals surface area contributed by atoms with Gasteiger partial charge in [0.05, 0.1) is 12.2 Å². The highest BCUT2D eigenvalue weighted by Crippen LogP contribution is 2.21. The van der Waals surface area contributed by atoms with E-state index in [1.807, 2.05) is 38.2 Å². The van der Waals surface area contributed by atoms with Gasteiger partial charge in [0.2, 0.25) is 0 Å². The van der Waals surface area contributed by atoms with Crippen molar-refractivity contribution in [2.45, 2.75) is 31.7 Å². The average Bonchev–Trinajstić information content (AvgIpc) is 2.87. The van der Waals surface area contributed by atoms with Crippen molar-refractivity contribution in [2.24, 2.45) is 0 Å². The molecule has 0 N–H and O–H groups in total. The van der Waals surface area contributed by atoms with Crippen molar-refractivity contribution < 1.29 is 0 Å². The molecule has 0 spiro atoms. The quantitative estimate of drug-likeness (QED) is 0.502. The molecule has 7 heteroatoms. The van der Waals surface area contributed by atoms with Gasteiger partial charge < -0.3 is 4.57 Å². The van der Waals surface area contributed by atoms with Crippen molar-refractivity contribution in [3.63, 3.8) is 0 Å². The molecule has 0 fully saturated rings. The van der Waals surface area contributed by atoms with Crippen LogP contribution in [0.4, 0.5) is 0 Å². The lowest BCUT2D eigenvalue weighted by atomic mass is 10.3. The topological polar surface area (TPSA) is 46.8 Å². The fourth-order valence-corrected chi connectivity index (χ4v) is 3.14. The lowest BCUT2D eigenvalue weighted by Crippen LogP contribution is -2.21. The molecule has 0 unspecified atom stereocenters. The third kappa shape index (κ3) is 5.47. The molecular weight excluding hydrogens is 342 g/mol. The van der Waals surface area contributed by atoms with E-state index in [1.165, 1.54) is 11.8 Å². The average molecular weight is 364 g/mol. The van der Waals surface area contributed by atoms with Crippen molar-refractivity contribution in [1.82, 2.24) is 24.6 Å². The summed E-state index contributed by atoms with van der Waals surface area (Å²) in [5.41, 5.74) is 2.07. The third-order valence-electron chi connectivity index (χ3n) is 3.25. The Kier molecular flexibility index (Phi) is 7.02. The van der Waals surface area contributed by atoms with Crippen LogP contribution in [0.2, 0.25) is 0 Å². The first kappa shape index (κ1) is 18.7. The fraction of sp³-hybridized carbons (Fsp3) is 0.353. The molecule has 128 valence electrons. The molecule has 0 aromatic carbocycles. The number of aromatic nitrogens is 4. The highest BCUT2D eigenvalue weighted by Gasteiger charge is 2.14. The molecule has 24 heavy (non-hydrogen) atoms. The first-order valence-electron chi connectivity index (χ1n) is 7.59. The van der Waals surface area contributed by atoms with Gasteiger partial charge in [0.15, 0.2) is 5.16 Å². The summed E-state index contributed by atoms with van der Waals surface area (Å²) in [6.45, 7) is 11.6. The summed E-state index contributed by atoms with van der Waals surface area (Å²) in [6.07, 6.45) is 1.84. The molecular formula is C17H22ClN5S. The van der Waals surface area contributed by atoms with Gasteiger partial charge in [-0.15, -0.1) is 16.8 Å². The Morgan fingerprint density at radius 3 is 2.83 bits per heavy atom. The van der Waals surface area contributed by atoms with Crippen molar-refractivity contribution >= 4 is 23.4 Å². The Morgan fingerprint density at radius 1 is 1.38 bits per heavy atom. The zero-order valence-electron chi connectivity index (χ0n) is 14.1. The van der Waals surface area contributed by atoms with Crippen LogP contribution in [0, 0.1) is 6.92 Å². The molecule has 0 bridgehead atoms. The molecule has 0 aliphatic heterocycles. The summed E-state index contributed by atoms with van der Waals surface area (Å²) in [7, 11) is 2.05. The van der Waals surface area contributed by atoms with Gasteiger partial charge in [0.1, 0.15) is 5.82 Å². The van der Waals surface area contributed by atoms with Gasteiger partial charge >= 0.3 is 0 Å². The van der Waals surface area contributed by atoms with Crippen LogP contribution in [0.1, 0.15) is 17.2 Å².